The molecule has 3 unspecified atom stereocenters. The molecule has 0 bridgehead atoms. The molecule has 2 saturated carbocycles. The minimum Gasteiger partial charge on any atom is -0.488 e. The maximum Gasteiger partial charge on any atom is 0.407 e. The molecule has 340 valence electrons. The lowest BCUT2D eigenvalue weighted by Crippen LogP contribution is -2.44. The number of benzene rings is 4. The maximum atomic E-state index is 14.4. The Balaban J connectivity index is 0.796. The van der Waals surface area contributed by atoms with Crippen LogP contribution in [0.15, 0.2) is 97.3 Å². The lowest BCUT2D eigenvalue weighted by Gasteiger charge is -2.31. The van der Waals surface area contributed by atoms with Crippen molar-refractivity contribution < 1.29 is 38.1 Å². The maximum absolute atomic E-state index is 14.4. The first-order valence-corrected chi connectivity index (χ1v) is 22.8. The Morgan fingerprint density at radius 2 is 1.16 bits per heavy atom. The molecule has 4 N–H and O–H groups in total. The van der Waals surface area contributed by atoms with Crippen molar-refractivity contribution in [1.82, 2.24) is 40.4 Å². The van der Waals surface area contributed by atoms with Crippen molar-refractivity contribution in [3.05, 3.63) is 131 Å². The van der Waals surface area contributed by atoms with Gasteiger partial charge in [-0.3, -0.25) is 9.59 Å². The van der Waals surface area contributed by atoms with E-state index in [0.29, 0.717) is 53.7 Å². The first-order valence-electron chi connectivity index (χ1n) is 22.8. The van der Waals surface area contributed by atoms with Crippen molar-refractivity contribution in [2.24, 2.45) is 17.8 Å². The number of aromatic nitrogens is 4. The van der Waals surface area contributed by atoms with Gasteiger partial charge in [-0.25, -0.2) is 19.6 Å². The van der Waals surface area contributed by atoms with Gasteiger partial charge in [-0.05, 0) is 72.4 Å². The van der Waals surface area contributed by atoms with E-state index in [1.54, 1.807) is 6.20 Å². The molecule has 4 aromatic carbocycles. The average Bonchev–Trinajstić information content (AvgIpc) is 3.82. The molecule has 67 heavy (non-hydrogen) atoms. The number of hydrogen-bond donors (Lipinski definition) is 4. The van der Waals surface area contributed by atoms with E-state index in [1.807, 2.05) is 88.8 Å². The van der Waals surface area contributed by atoms with Crippen LogP contribution in [0.4, 0.5) is 9.59 Å². The largest absolute Gasteiger partial charge is 0.488 e. The zero-order chi connectivity index (χ0) is 45.7. The van der Waals surface area contributed by atoms with Gasteiger partial charge in [0.1, 0.15) is 48.4 Å². The van der Waals surface area contributed by atoms with E-state index in [4.69, 9.17) is 28.9 Å². The minimum absolute atomic E-state index is 0.0517. The van der Waals surface area contributed by atoms with Gasteiger partial charge in [0.05, 0.1) is 50.1 Å². The summed E-state index contributed by atoms with van der Waals surface area (Å²) in [5.41, 5.74) is 8.71. The fourth-order valence-electron chi connectivity index (χ4n) is 11.3. The van der Waals surface area contributed by atoms with E-state index in [2.05, 4.69) is 39.7 Å². The number of imidazole rings is 2. The highest BCUT2D eigenvalue weighted by molar-refractivity contribution is 5.90. The fourth-order valence-corrected chi connectivity index (χ4v) is 11.3. The molecule has 2 aromatic heterocycles. The standard InChI is InChI=1S/C51H48N8O8/c1-25-33-20-38(59(45(25)33)49(61)44(57-51(63)65-3)27-12-8-5-9-13-27)47-53-22-35(55-47)29-15-32-24-66-39-18-28(14-31-23-67-40(19-29)42(32)41(31)39)34-21-52-46(54-34)37-17-30-16-36(30)58(37)48(60)43(56-50(62)64-2)26-10-6-4-7-11-26/h4-15,18-19,21-22,25,30,33,36-38,43-45H,16-17,20,23-24H2,1-3H3,(H,52,54)(H,53,55)(H,56,62)(H,57,63)/t25?,30-,33?,36-,37+,38+,43-,44-,45?/m1/s1. The number of rotatable bonds is 10. The topological polar surface area (TPSA) is 193 Å². The second-order valence-corrected chi connectivity index (χ2v) is 18.5. The number of alkyl carbamates (subject to hydrolysis) is 2. The van der Waals surface area contributed by atoms with Crippen LogP contribution >= 0.6 is 0 Å². The molecule has 4 fully saturated rings. The number of ether oxygens (including phenoxy) is 4. The molecule has 6 aliphatic rings. The number of carbonyl (C=O) groups excluding carboxylic acids is 4. The Labute approximate surface area is 385 Å². The molecule has 4 amide bonds. The first kappa shape index (κ1) is 40.9. The summed E-state index contributed by atoms with van der Waals surface area (Å²) in [4.78, 5) is 74.2. The molecule has 12 rings (SSSR count). The third kappa shape index (κ3) is 6.87. The van der Waals surface area contributed by atoms with Crippen LogP contribution in [0.2, 0.25) is 0 Å². The van der Waals surface area contributed by atoms with Crippen LogP contribution in [-0.4, -0.2) is 80.0 Å². The summed E-state index contributed by atoms with van der Waals surface area (Å²) in [5, 5.41) is 5.54. The summed E-state index contributed by atoms with van der Waals surface area (Å²) < 4.78 is 22.8. The van der Waals surface area contributed by atoms with Crippen LogP contribution in [0.1, 0.15) is 84.3 Å². The molecule has 0 radical (unpaired) electrons. The van der Waals surface area contributed by atoms with E-state index >= 15 is 0 Å². The van der Waals surface area contributed by atoms with Gasteiger partial charge in [-0.15, -0.1) is 0 Å². The van der Waals surface area contributed by atoms with Gasteiger partial charge in [0.2, 0.25) is 0 Å². The van der Waals surface area contributed by atoms with Gasteiger partial charge in [0, 0.05) is 45.5 Å². The van der Waals surface area contributed by atoms with Crippen molar-refractivity contribution in [1.29, 1.82) is 0 Å². The SMILES string of the molecule is COC(=O)N[C@@H](C(=O)N1C2C(C)C2C[C@H]1c1ncc(-c2cc3c4c(c2)OCc2cc(-c5cnc([C@@H]6C[C@H]7C[C@H]7N6C(=O)[C@H](NC(=O)OC)c6ccccc6)[nH]5)cc(c2-4)OC3)[nH]1)c1ccccc1. The van der Waals surface area contributed by atoms with Gasteiger partial charge in [0.15, 0.2) is 0 Å². The molecule has 6 heterocycles. The molecular weight excluding hydrogens is 853 g/mol. The highest BCUT2D eigenvalue weighted by atomic mass is 16.5. The number of likely N-dealkylation sites (tertiary alicyclic amines) is 2. The summed E-state index contributed by atoms with van der Waals surface area (Å²) in [5.74, 6) is 3.56. The minimum atomic E-state index is -0.910. The molecular formula is C51H48N8O8. The van der Waals surface area contributed by atoms with Crippen molar-refractivity contribution in [3.8, 4) is 45.1 Å². The lowest BCUT2D eigenvalue weighted by atomic mass is 9.87. The van der Waals surface area contributed by atoms with Crippen molar-refractivity contribution in [3.63, 3.8) is 0 Å². The van der Waals surface area contributed by atoms with E-state index in [-0.39, 0.29) is 36.0 Å². The molecule has 0 spiro atoms. The van der Waals surface area contributed by atoms with E-state index in [1.165, 1.54) is 14.2 Å². The number of nitrogens with zero attached hydrogens (tertiary/aromatic N) is 4. The van der Waals surface area contributed by atoms with Crippen molar-refractivity contribution in [2.45, 2.75) is 75.7 Å². The van der Waals surface area contributed by atoms with Gasteiger partial charge in [-0.1, -0.05) is 67.6 Å². The Hall–Kier alpha value is -7.62. The number of methoxy groups -OCH3 is 2. The second-order valence-electron chi connectivity index (χ2n) is 18.5. The van der Waals surface area contributed by atoms with Gasteiger partial charge in [0.25, 0.3) is 11.8 Å². The van der Waals surface area contributed by atoms with Crippen LogP contribution in [0.25, 0.3) is 33.6 Å². The summed E-state index contributed by atoms with van der Waals surface area (Å²) in [6.45, 7) is 2.82. The number of aromatic amines is 2. The van der Waals surface area contributed by atoms with Gasteiger partial charge < -0.3 is 49.3 Å². The van der Waals surface area contributed by atoms with Crippen LogP contribution < -0.4 is 20.1 Å². The average molecular weight is 901 g/mol. The zero-order valence-corrected chi connectivity index (χ0v) is 37.0. The fraction of sp³-hybridized carbons (Fsp3) is 0.333. The Morgan fingerprint density at radius 1 is 0.672 bits per heavy atom. The van der Waals surface area contributed by atoms with E-state index in [0.717, 1.165) is 75.5 Å². The number of hydrogen-bond acceptors (Lipinski definition) is 10. The van der Waals surface area contributed by atoms with Crippen LogP contribution in [-0.2, 0) is 32.3 Å². The summed E-state index contributed by atoms with van der Waals surface area (Å²) in [6.07, 6.45) is 4.74. The molecule has 2 aliphatic carbocycles. The molecule has 16 nitrogen and oxygen atoms in total. The summed E-state index contributed by atoms with van der Waals surface area (Å²) >= 11 is 0. The third-order valence-electron chi connectivity index (χ3n) is 14.8. The zero-order valence-electron chi connectivity index (χ0n) is 37.0. The predicted octanol–water partition coefficient (Wildman–Crippen LogP) is 7.68. The number of piperidine rings is 2. The van der Waals surface area contributed by atoms with Gasteiger partial charge >= 0.3 is 12.2 Å². The molecule has 16 heteroatoms. The van der Waals surface area contributed by atoms with Crippen molar-refractivity contribution >= 4 is 24.0 Å². The number of H-pyrrole nitrogens is 2. The summed E-state index contributed by atoms with van der Waals surface area (Å²) in [6, 6.07) is 24.5. The molecule has 4 aliphatic heterocycles. The quantitative estimate of drug-likeness (QED) is 0.106. The number of carbonyl (C=O) groups is 4. The van der Waals surface area contributed by atoms with Crippen LogP contribution in [0, 0.1) is 17.8 Å². The first-order chi connectivity index (χ1) is 32.7. The molecule has 6 aromatic rings. The lowest BCUT2D eigenvalue weighted by molar-refractivity contribution is -0.136. The Morgan fingerprint density at radius 3 is 1.67 bits per heavy atom. The third-order valence-corrected chi connectivity index (χ3v) is 14.8. The van der Waals surface area contributed by atoms with E-state index < -0.39 is 24.3 Å². The molecule has 9 atom stereocenters. The Bertz CT molecular complexity index is 2920. The highest BCUT2D eigenvalue weighted by Gasteiger charge is 2.62. The number of amides is 4. The number of nitrogens with one attached hydrogen (secondary N) is 4. The normalized spacial score (nSPS) is 24.2. The number of fused-ring (bicyclic) bond motifs is 2. The highest BCUT2D eigenvalue weighted by Crippen LogP contribution is 2.58. The second kappa shape index (κ2) is 15.8. The van der Waals surface area contributed by atoms with Crippen molar-refractivity contribution in [2.75, 3.05) is 14.2 Å². The predicted molar refractivity (Wildman–Crippen MR) is 242 cm³/mol. The monoisotopic (exact) mass is 900 g/mol. The van der Waals surface area contributed by atoms with Gasteiger partial charge in [-0.2, -0.15) is 0 Å². The smallest absolute Gasteiger partial charge is 0.407 e. The summed E-state index contributed by atoms with van der Waals surface area (Å²) in [7, 11) is 2.58. The van der Waals surface area contributed by atoms with Crippen LogP contribution in [0.5, 0.6) is 11.5 Å². The Kier molecular flexibility index (Phi) is 9.62. The van der Waals surface area contributed by atoms with Crippen LogP contribution in [0.3, 0.4) is 0 Å². The van der Waals surface area contributed by atoms with E-state index in [9.17, 15) is 19.2 Å². The molecule has 2 saturated heterocycles.